The minimum Gasteiger partial charge on any atom is -0.467 e. The highest BCUT2D eigenvalue weighted by Crippen LogP contribution is 2.15. The number of nitrogens with two attached hydrogens (primary N) is 1. The van der Waals surface area contributed by atoms with Gasteiger partial charge in [-0.15, -0.1) is 0 Å². The first kappa shape index (κ1) is 8.99. The van der Waals surface area contributed by atoms with Gasteiger partial charge in [0.2, 0.25) is 0 Å². The number of amides is 1. The summed E-state index contributed by atoms with van der Waals surface area (Å²) in [5.74, 6) is -1.11. The highest BCUT2D eigenvalue weighted by molar-refractivity contribution is 6.07. The molecule has 68 valence electrons. The van der Waals surface area contributed by atoms with Crippen LogP contribution in [0.5, 0.6) is 0 Å². The Labute approximate surface area is 70.2 Å². The Morgan fingerprint density at radius 2 is 2.42 bits per heavy atom. The number of piperidine rings is 1. The Bertz CT molecular complexity index is 207. The third-order valence-electron chi connectivity index (χ3n) is 1.99. The molecule has 1 fully saturated rings. The summed E-state index contributed by atoms with van der Waals surface area (Å²) in [6, 6.07) is 0. The van der Waals surface area contributed by atoms with Gasteiger partial charge in [-0.3, -0.25) is 4.79 Å². The predicted molar refractivity (Wildman–Crippen MR) is 41.2 cm³/mol. The number of carbonyl (C=O) groups excluding carboxylic acids is 2. The van der Waals surface area contributed by atoms with Crippen molar-refractivity contribution in [1.29, 1.82) is 0 Å². The fourth-order valence-electron chi connectivity index (χ4n) is 1.22. The van der Waals surface area contributed by atoms with Gasteiger partial charge in [0.15, 0.2) is 5.54 Å². The smallest absolute Gasteiger partial charge is 0.335 e. The van der Waals surface area contributed by atoms with Crippen molar-refractivity contribution >= 4 is 11.9 Å². The molecule has 0 saturated carbocycles. The van der Waals surface area contributed by atoms with Crippen molar-refractivity contribution in [2.24, 2.45) is 5.73 Å². The second-order valence-electron chi connectivity index (χ2n) is 2.82. The van der Waals surface area contributed by atoms with Gasteiger partial charge in [0.1, 0.15) is 0 Å². The van der Waals surface area contributed by atoms with E-state index in [1.807, 2.05) is 0 Å². The van der Waals surface area contributed by atoms with E-state index in [1.54, 1.807) is 0 Å². The van der Waals surface area contributed by atoms with Crippen molar-refractivity contribution in [2.45, 2.75) is 18.4 Å². The molecule has 1 heterocycles. The van der Waals surface area contributed by atoms with E-state index in [4.69, 9.17) is 5.73 Å². The van der Waals surface area contributed by atoms with E-state index in [9.17, 15) is 9.59 Å². The lowest BCUT2D eigenvalue weighted by atomic mass is 9.90. The van der Waals surface area contributed by atoms with E-state index >= 15 is 0 Å². The molecule has 5 heteroatoms. The molecule has 1 unspecified atom stereocenters. The molecular weight excluding hydrogens is 160 g/mol. The molecule has 5 nitrogen and oxygen atoms in total. The van der Waals surface area contributed by atoms with Crippen LogP contribution >= 0.6 is 0 Å². The van der Waals surface area contributed by atoms with Gasteiger partial charge >= 0.3 is 5.97 Å². The van der Waals surface area contributed by atoms with E-state index in [1.165, 1.54) is 7.11 Å². The number of hydrogen-bond donors (Lipinski definition) is 2. The van der Waals surface area contributed by atoms with Crippen LogP contribution in [-0.2, 0) is 14.3 Å². The lowest BCUT2D eigenvalue weighted by molar-refractivity contribution is -0.153. The first-order chi connectivity index (χ1) is 5.61. The van der Waals surface area contributed by atoms with Gasteiger partial charge in [-0.05, 0) is 12.8 Å². The Balaban J connectivity index is 2.79. The van der Waals surface area contributed by atoms with Crippen LogP contribution in [0.25, 0.3) is 0 Å². The quantitative estimate of drug-likeness (QED) is 0.383. The number of nitrogens with one attached hydrogen (secondary N) is 1. The maximum atomic E-state index is 11.2. The molecule has 0 aromatic carbocycles. The monoisotopic (exact) mass is 172 g/mol. The molecule has 1 aliphatic rings. The Hall–Kier alpha value is -1.10. The molecule has 1 amide bonds. The predicted octanol–water partition coefficient (Wildman–Crippen LogP) is -1.23. The first-order valence-electron chi connectivity index (χ1n) is 3.77. The molecule has 0 radical (unpaired) electrons. The summed E-state index contributed by atoms with van der Waals surface area (Å²) in [5.41, 5.74) is 4.10. The molecular formula is C7H12N2O3. The van der Waals surface area contributed by atoms with Gasteiger partial charge < -0.3 is 15.8 Å². The van der Waals surface area contributed by atoms with Crippen LogP contribution in [0.4, 0.5) is 0 Å². The van der Waals surface area contributed by atoms with Crippen molar-refractivity contribution in [3.8, 4) is 0 Å². The summed E-state index contributed by atoms with van der Waals surface area (Å²) < 4.78 is 4.44. The highest BCUT2D eigenvalue weighted by atomic mass is 16.5. The van der Waals surface area contributed by atoms with Crippen molar-refractivity contribution in [3.05, 3.63) is 0 Å². The summed E-state index contributed by atoms with van der Waals surface area (Å²) in [5, 5.41) is 2.52. The van der Waals surface area contributed by atoms with Crippen LogP contribution in [-0.4, -0.2) is 31.1 Å². The van der Waals surface area contributed by atoms with Crippen LogP contribution in [0.1, 0.15) is 12.8 Å². The standard InChI is InChI=1S/C7H12N2O3/c1-12-6(11)7(8)3-2-4-9-5(7)10/h2-4,8H2,1H3,(H,9,10). The summed E-state index contributed by atoms with van der Waals surface area (Å²) in [4.78, 5) is 22.3. The van der Waals surface area contributed by atoms with E-state index in [0.29, 0.717) is 19.4 Å². The normalized spacial score (nSPS) is 29.3. The molecule has 0 spiro atoms. The number of esters is 1. The average Bonchev–Trinajstić information content (AvgIpc) is 2.09. The third-order valence-corrected chi connectivity index (χ3v) is 1.99. The Kier molecular flexibility index (Phi) is 2.32. The summed E-state index contributed by atoms with van der Waals surface area (Å²) >= 11 is 0. The Morgan fingerprint density at radius 1 is 1.75 bits per heavy atom. The SMILES string of the molecule is COC(=O)C1(N)CCCNC1=O. The summed E-state index contributed by atoms with van der Waals surface area (Å²) in [6.07, 6.45) is 1.06. The van der Waals surface area contributed by atoms with Gasteiger partial charge in [0, 0.05) is 6.54 Å². The zero-order valence-corrected chi connectivity index (χ0v) is 6.92. The maximum Gasteiger partial charge on any atom is 0.335 e. The van der Waals surface area contributed by atoms with Crippen molar-refractivity contribution < 1.29 is 14.3 Å². The molecule has 1 rings (SSSR count). The minimum absolute atomic E-state index is 0.353. The number of ether oxygens (including phenoxy) is 1. The minimum atomic E-state index is -1.47. The van der Waals surface area contributed by atoms with Gasteiger partial charge in [0.05, 0.1) is 7.11 Å². The molecule has 0 aromatic heterocycles. The molecule has 0 bridgehead atoms. The molecule has 1 aliphatic heterocycles. The molecule has 0 aliphatic carbocycles. The zero-order chi connectivity index (χ0) is 9.19. The largest absolute Gasteiger partial charge is 0.467 e. The molecule has 1 atom stereocenters. The van der Waals surface area contributed by atoms with Crippen molar-refractivity contribution in [2.75, 3.05) is 13.7 Å². The van der Waals surface area contributed by atoms with Gasteiger partial charge in [-0.1, -0.05) is 0 Å². The number of rotatable bonds is 1. The van der Waals surface area contributed by atoms with Crippen molar-refractivity contribution in [3.63, 3.8) is 0 Å². The first-order valence-corrected chi connectivity index (χ1v) is 3.77. The average molecular weight is 172 g/mol. The number of hydrogen-bond acceptors (Lipinski definition) is 4. The van der Waals surface area contributed by atoms with Crippen LogP contribution in [0.2, 0.25) is 0 Å². The molecule has 1 saturated heterocycles. The van der Waals surface area contributed by atoms with Gasteiger partial charge in [0.25, 0.3) is 5.91 Å². The van der Waals surface area contributed by atoms with Crippen LogP contribution in [0, 0.1) is 0 Å². The summed E-state index contributed by atoms with van der Waals surface area (Å²) in [6.45, 7) is 0.578. The second kappa shape index (κ2) is 3.10. The third kappa shape index (κ3) is 1.27. The number of carbonyl (C=O) groups is 2. The molecule has 3 N–H and O–H groups in total. The van der Waals surface area contributed by atoms with Gasteiger partial charge in [-0.25, -0.2) is 4.79 Å². The number of methoxy groups -OCH3 is 1. The lowest BCUT2D eigenvalue weighted by Crippen LogP contribution is -2.62. The Morgan fingerprint density at radius 3 is 2.92 bits per heavy atom. The van der Waals surface area contributed by atoms with E-state index in [2.05, 4.69) is 10.1 Å². The fraction of sp³-hybridized carbons (Fsp3) is 0.714. The van der Waals surface area contributed by atoms with E-state index < -0.39 is 17.4 Å². The van der Waals surface area contributed by atoms with E-state index in [0.717, 1.165) is 0 Å². The van der Waals surface area contributed by atoms with Crippen LogP contribution in [0.15, 0.2) is 0 Å². The fourth-order valence-corrected chi connectivity index (χ4v) is 1.22. The van der Waals surface area contributed by atoms with Crippen LogP contribution < -0.4 is 11.1 Å². The second-order valence-corrected chi connectivity index (χ2v) is 2.82. The highest BCUT2D eigenvalue weighted by Gasteiger charge is 2.44. The maximum absolute atomic E-state index is 11.2. The molecule has 12 heavy (non-hydrogen) atoms. The topological polar surface area (TPSA) is 81.4 Å². The van der Waals surface area contributed by atoms with Crippen LogP contribution in [0.3, 0.4) is 0 Å². The lowest BCUT2D eigenvalue weighted by Gasteiger charge is -2.29. The van der Waals surface area contributed by atoms with E-state index in [-0.39, 0.29) is 0 Å². The molecule has 0 aromatic rings. The van der Waals surface area contributed by atoms with Crippen molar-refractivity contribution in [1.82, 2.24) is 5.32 Å². The van der Waals surface area contributed by atoms with Gasteiger partial charge in [-0.2, -0.15) is 0 Å². The zero-order valence-electron chi connectivity index (χ0n) is 6.92. The summed E-state index contributed by atoms with van der Waals surface area (Å²) in [7, 11) is 1.22.